The summed E-state index contributed by atoms with van der Waals surface area (Å²) in [4.78, 5) is 11.4. The van der Waals surface area contributed by atoms with Crippen LogP contribution in [0.4, 0.5) is 5.69 Å². The van der Waals surface area contributed by atoms with Crippen molar-refractivity contribution in [1.82, 2.24) is 14.4 Å². The van der Waals surface area contributed by atoms with Gasteiger partial charge in [0.2, 0.25) is 5.78 Å². The molecule has 0 atom stereocenters. The molecule has 5 heteroatoms. The smallest absolute Gasteiger partial charge is 0.235 e. The third kappa shape index (κ3) is 2.34. The average Bonchev–Trinajstić information content (AvgIpc) is 2.98. The molecule has 0 aliphatic carbocycles. The lowest BCUT2D eigenvalue weighted by Gasteiger charge is -2.12. The predicted molar refractivity (Wildman–Crippen MR) is 96.8 cm³/mol. The van der Waals surface area contributed by atoms with E-state index < -0.39 is 0 Å². The van der Waals surface area contributed by atoms with E-state index in [1.165, 1.54) is 5.69 Å². The van der Waals surface area contributed by atoms with Crippen LogP contribution in [0.15, 0.2) is 54.7 Å². The molecule has 24 heavy (non-hydrogen) atoms. The summed E-state index contributed by atoms with van der Waals surface area (Å²) in [5, 5.41) is 0. The molecule has 120 valence electrons. The van der Waals surface area contributed by atoms with Crippen molar-refractivity contribution in [3.05, 3.63) is 54.7 Å². The van der Waals surface area contributed by atoms with Crippen LogP contribution < -0.4 is 9.64 Å². The lowest BCUT2D eigenvalue weighted by molar-refractivity contribution is 0.415. The van der Waals surface area contributed by atoms with Crippen LogP contribution >= 0.6 is 0 Å². The number of ether oxygens (including phenoxy) is 1. The summed E-state index contributed by atoms with van der Waals surface area (Å²) in [6, 6.07) is 16.2. The number of nitrogens with zero attached hydrogens (tertiary/aromatic N) is 4. The highest BCUT2D eigenvalue weighted by molar-refractivity contribution is 5.81. The van der Waals surface area contributed by atoms with E-state index in [4.69, 9.17) is 9.72 Å². The summed E-state index contributed by atoms with van der Waals surface area (Å²) in [6.45, 7) is 0. The highest BCUT2D eigenvalue weighted by Crippen LogP contribution is 2.24. The van der Waals surface area contributed by atoms with Gasteiger partial charge in [0.05, 0.1) is 23.8 Å². The first kappa shape index (κ1) is 14.5. The van der Waals surface area contributed by atoms with Crippen LogP contribution in [-0.4, -0.2) is 35.6 Å². The van der Waals surface area contributed by atoms with Gasteiger partial charge in [0.15, 0.2) is 0 Å². The van der Waals surface area contributed by atoms with Gasteiger partial charge in [-0.2, -0.15) is 0 Å². The molecule has 0 aliphatic heterocycles. The van der Waals surface area contributed by atoms with Gasteiger partial charge in [0.1, 0.15) is 5.75 Å². The molecule has 0 saturated carbocycles. The molecule has 0 radical (unpaired) electrons. The summed E-state index contributed by atoms with van der Waals surface area (Å²) >= 11 is 0. The normalized spacial score (nSPS) is 11.1. The fraction of sp³-hybridized carbons (Fsp3) is 0.158. The first-order chi connectivity index (χ1) is 11.7. The van der Waals surface area contributed by atoms with Gasteiger partial charge in [-0.25, -0.2) is 9.97 Å². The van der Waals surface area contributed by atoms with Gasteiger partial charge >= 0.3 is 0 Å². The Morgan fingerprint density at radius 2 is 1.75 bits per heavy atom. The minimum atomic E-state index is 0.687. The Bertz CT molecular complexity index is 1020. The van der Waals surface area contributed by atoms with Crippen molar-refractivity contribution < 1.29 is 4.74 Å². The van der Waals surface area contributed by atoms with Gasteiger partial charge in [0, 0.05) is 37.6 Å². The zero-order valence-electron chi connectivity index (χ0n) is 13.9. The van der Waals surface area contributed by atoms with Crippen molar-refractivity contribution in [1.29, 1.82) is 0 Å². The predicted octanol–water partition coefficient (Wildman–Crippen LogP) is 3.62. The second-order valence-corrected chi connectivity index (χ2v) is 5.89. The zero-order chi connectivity index (χ0) is 16.7. The molecule has 4 rings (SSSR count). The summed E-state index contributed by atoms with van der Waals surface area (Å²) in [5.41, 5.74) is 5.05. The molecule has 2 aromatic carbocycles. The number of anilines is 1. The minimum Gasteiger partial charge on any atom is -0.497 e. The molecule has 0 aliphatic rings. The number of hydrogen-bond acceptors (Lipinski definition) is 4. The third-order valence-corrected chi connectivity index (χ3v) is 4.16. The van der Waals surface area contributed by atoms with Gasteiger partial charge in [-0.05, 0) is 30.3 Å². The number of fused-ring (bicyclic) bond motifs is 3. The highest BCUT2D eigenvalue weighted by atomic mass is 16.5. The minimum absolute atomic E-state index is 0.687. The quantitative estimate of drug-likeness (QED) is 0.578. The van der Waals surface area contributed by atoms with E-state index in [0.717, 1.165) is 28.0 Å². The number of benzene rings is 2. The van der Waals surface area contributed by atoms with E-state index in [-0.39, 0.29) is 0 Å². The van der Waals surface area contributed by atoms with E-state index >= 15 is 0 Å². The fourth-order valence-corrected chi connectivity index (χ4v) is 2.79. The number of rotatable bonds is 3. The Morgan fingerprint density at radius 3 is 2.46 bits per heavy atom. The van der Waals surface area contributed by atoms with Gasteiger partial charge < -0.3 is 9.64 Å². The van der Waals surface area contributed by atoms with E-state index in [2.05, 4.69) is 34.1 Å². The van der Waals surface area contributed by atoms with Crippen LogP contribution in [0.2, 0.25) is 0 Å². The standard InChI is InChI=1S/C19H18N4O/c1-22(2)14-6-4-13(5-7-14)16-10-11-23-18-12-15(24-3)8-9-17(18)21-19(23)20-16/h4-12H,1-3H3. The molecular weight excluding hydrogens is 300 g/mol. The molecule has 0 fully saturated rings. The Kier molecular flexibility index (Phi) is 3.34. The molecule has 0 unspecified atom stereocenters. The van der Waals surface area contributed by atoms with E-state index in [0.29, 0.717) is 5.78 Å². The Hall–Kier alpha value is -3.08. The Morgan fingerprint density at radius 1 is 0.958 bits per heavy atom. The van der Waals surface area contributed by atoms with Gasteiger partial charge in [0.25, 0.3) is 0 Å². The zero-order valence-corrected chi connectivity index (χ0v) is 13.9. The second-order valence-electron chi connectivity index (χ2n) is 5.89. The first-order valence-corrected chi connectivity index (χ1v) is 7.76. The van der Waals surface area contributed by atoms with Crippen LogP contribution in [0.3, 0.4) is 0 Å². The maximum absolute atomic E-state index is 5.30. The number of imidazole rings is 1. The Balaban J connectivity index is 1.81. The van der Waals surface area contributed by atoms with Crippen molar-refractivity contribution in [2.75, 3.05) is 26.1 Å². The van der Waals surface area contributed by atoms with Gasteiger partial charge in [-0.15, -0.1) is 0 Å². The summed E-state index contributed by atoms with van der Waals surface area (Å²) < 4.78 is 7.28. The van der Waals surface area contributed by atoms with Crippen LogP contribution in [0.5, 0.6) is 5.75 Å². The second kappa shape index (κ2) is 5.53. The molecule has 2 aromatic heterocycles. The molecule has 0 amide bonds. The Labute approximate surface area is 140 Å². The SMILES string of the molecule is COc1ccc2nc3nc(-c4ccc(N(C)C)cc4)ccn3c2c1. The van der Waals surface area contributed by atoms with Crippen molar-refractivity contribution in [2.45, 2.75) is 0 Å². The van der Waals surface area contributed by atoms with E-state index in [1.54, 1.807) is 7.11 Å². The third-order valence-electron chi connectivity index (χ3n) is 4.16. The molecule has 2 heterocycles. The maximum atomic E-state index is 5.30. The van der Waals surface area contributed by atoms with E-state index in [1.807, 2.05) is 49.0 Å². The van der Waals surface area contributed by atoms with Crippen molar-refractivity contribution >= 4 is 22.5 Å². The van der Waals surface area contributed by atoms with Crippen LogP contribution in [0, 0.1) is 0 Å². The lowest BCUT2D eigenvalue weighted by atomic mass is 10.1. The molecule has 5 nitrogen and oxygen atoms in total. The number of hydrogen-bond donors (Lipinski definition) is 0. The molecule has 0 N–H and O–H groups in total. The van der Waals surface area contributed by atoms with Crippen LogP contribution in [-0.2, 0) is 0 Å². The monoisotopic (exact) mass is 318 g/mol. The van der Waals surface area contributed by atoms with E-state index in [9.17, 15) is 0 Å². The molecule has 0 bridgehead atoms. The largest absolute Gasteiger partial charge is 0.497 e. The van der Waals surface area contributed by atoms with Crippen LogP contribution in [0.25, 0.3) is 28.1 Å². The molecule has 0 spiro atoms. The molecule has 4 aromatic rings. The van der Waals surface area contributed by atoms with Gasteiger partial charge in [-0.1, -0.05) is 12.1 Å². The van der Waals surface area contributed by atoms with Crippen molar-refractivity contribution in [3.63, 3.8) is 0 Å². The fourth-order valence-electron chi connectivity index (χ4n) is 2.79. The average molecular weight is 318 g/mol. The summed E-state index contributed by atoms with van der Waals surface area (Å²) in [6.07, 6.45) is 2.01. The van der Waals surface area contributed by atoms with Crippen molar-refractivity contribution in [3.8, 4) is 17.0 Å². The summed E-state index contributed by atoms with van der Waals surface area (Å²) in [7, 11) is 5.73. The summed E-state index contributed by atoms with van der Waals surface area (Å²) in [5.74, 6) is 1.50. The number of methoxy groups -OCH3 is 1. The number of aromatic nitrogens is 3. The maximum Gasteiger partial charge on any atom is 0.235 e. The highest BCUT2D eigenvalue weighted by Gasteiger charge is 2.09. The van der Waals surface area contributed by atoms with Crippen molar-refractivity contribution in [2.24, 2.45) is 0 Å². The molecule has 0 saturated heterocycles. The lowest BCUT2D eigenvalue weighted by Crippen LogP contribution is -2.07. The van der Waals surface area contributed by atoms with Gasteiger partial charge in [-0.3, -0.25) is 4.40 Å². The first-order valence-electron chi connectivity index (χ1n) is 7.76. The molecular formula is C19H18N4O. The topological polar surface area (TPSA) is 42.7 Å². The van der Waals surface area contributed by atoms with Crippen LogP contribution in [0.1, 0.15) is 0 Å².